The number of hydrogen-bond acceptors (Lipinski definition) is 4. The lowest BCUT2D eigenvalue weighted by atomic mass is 10.1. The standard InChI is InChI=1S/C19H29NO3.C2HF3O2/c21-19(22)11-14-20-13-3-6-17-7-9-18(10-8-17)23-15-12-16-4-1-2-5-16;3-2(4,5)1(6)7/h7-10,16,20H,1-6,11-15H2,(H,21,22);(H,6,7). The number of carboxylic acids is 2. The molecule has 0 atom stereocenters. The molecule has 0 aromatic heterocycles. The van der Waals surface area contributed by atoms with Crippen LogP contribution in [0.3, 0.4) is 0 Å². The minimum absolute atomic E-state index is 0.187. The topological polar surface area (TPSA) is 95.9 Å². The lowest BCUT2D eigenvalue weighted by Gasteiger charge is -2.11. The van der Waals surface area contributed by atoms with Crippen LogP contribution in [0.2, 0.25) is 0 Å². The summed E-state index contributed by atoms with van der Waals surface area (Å²) in [5, 5.41) is 18.8. The van der Waals surface area contributed by atoms with Crippen LogP contribution >= 0.6 is 0 Å². The molecule has 0 bridgehead atoms. The van der Waals surface area contributed by atoms with Crippen LogP contribution in [-0.4, -0.2) is 48.0 Å². The van der Waals surface area contributed by atoms with Crippen molar-refractivity contribution in [2.24, 2.45) is 5.92 Å². The molecule has 1 aliphatic rings. The second kappa shape index (κ2) is 13.8. The Bertz CT molecular complexity index is 629. The number of aliphatic carboxylic acids is 2. The number of carboxylic acid groups (broad SMARTS) is 2. The van der Waals surface area contributed by atoms with Crippen molar-refractivity contribution < 1.29 is 37.7 Å². The van der Waals surface area contributed by atoms with Crippen molar-refractivity contribution in [3.63, 3.8) is 0 Å². The summed E-state index contributed by atoms with van der Waals surface area (Å²) in [5.41, 5.74) is 1.30. The fourth-order valence-corrected chi connectivity index (χ4v) is 3.13. The van der Waals surface area contributed by atoms with Crippen molar-refractivity contribution in [2.75, 3.05) is 19.7 Å². The first-order valence-corrected chi connectivity index (χ1v) is 10.1. The number of hydrogen-bond donors (Lipinski definition) is 3. The Balaban J connectivity index is 0.000000553. The molecule has 1 saturated carbocycles. The molecule has 0 radical (unpaired) electrons. The van der Waals surface area contributed by atoms with Crippen molar-refractivity contribution in [3.05, 3.63) is 29.8 Å². The van der Waals surface area contributed by atoms with Gasteiger partial charge in [-0.25, -0.2) is 4.79 Å². The summed E-state index contributed by atoms with van der Waals surface area (Å²) in [5.74, 6) is -1.66. The third-order valence-electron chi connectivity index (χ3n) is 4.77. The molecule has 2 rings (SSSR count). The normalized spacial score (nSPS) is 14.1. The number of rotatable bonds is 11. The van der Waals surface area contributed by atoms with Crippen LogP contribution in [0.5, 0.6) is 5.75 Å². The Morgan fingerprint density at radius 3 is 2.20 bits per heavy atom. The lowest BCUT2D eigenvalue weighted by molar-refractivity contribution is -0.192. The molecule has 0 amide bonds. The van der Waals surface area contributed by atoms with Gasteiger partial charge in [0.2, 0.25) is 0 Å². The van der Waals surface area contributed by atoms with E-state index in [9.17, 15) is 18.0 Å². The molecule has 3 N–H and O–H groups in total. The summed E-state index contributed by atoms with van der Waals surface area (Å²) < 4.78 is 37.6. The average Bonchev–Trinajstić information content (AvgIpc) is 3.19. The molecule has 0 spiro atoms. The SMILES string of the molecule is O=C(O)C(F)(F)F.O=C(O)CCNCCCc1ccc(OCCC2CCCC2)cc1. The molecule has 9 heteroatoms. The van der Waals surface area contributed by atoms with Gasteiger partial charge >= 0.3 is 18.1 Å². The molecule has 1 aliphatic carbocycles. The molecule has 30 heavy (non-hydrogen) atoms. The van der Waals surface area contributed by atoms with Crippen LogP contribution in [0.4, 0.5) is 13.2 Å². The molecule has 1 aromatic rings. The minimum Gasteiger partial charge on any atom is -0.494 e. The maximum absolute atomic E-state index is 10.6. The second-order valence-electron chi connectivity index (χ2n) is 7.23. The molecule has 0 heterocycles. The van der Waals surface area contributed by atoms with Gasteiger partial charge in [-0.1, -0.05) is 37.8 Å². The van der Waals surface area contributed by atoms with E-state index < -0.39 is 18.1 Å². The van der Waals surface area contributed by atoms with E-state index >= 15 is 0 Å². The zero-order valence-electron chi connectivity index (χ0n) is 16.9. The van der Waals surface area contributed by atoms with Gasteiger partial charge in [-0.2, -0.15) is 13.2 Å². The maximum Gasteiger partial charge on any atom is 0.490 e. The number of carbonyl (C=O) groups is 2. The molecular formula is C21H30F3NO5. The highest BCUT2D eigenvalue weighted by Crippen LogP contribution is 2.27. The van der Waals surface area contributed by atoms with Crippen molar-refractivity contribution in [1.29, 1.82) is 0 Å². The lowest BCUT2D eigenvalue weighted by Crippen LogP contribution is -2.21. The quantitative estimate of drug-likeness (QED) is 0.451. The van der Waals surface area contributed by atoms with E-state index in [4.69, 9.17) is 19.7 Å². The van der Waals surface area contributed by atoms with Gasteiger partial charge in [0.05, 0.1) is 13.0 Å². The van der Waals surface area contributed by atoms with Crippen LogP contribution in [0.1, 0.15) is 50.5 Å². The van der Waals surface area contributed by atoms with Crippen LogP contribution in [0, 0.1) is 5.92 Å². The molecular weight excluding hydrogens is 403 g/mol. The van der Waals surface area contributed by atoms with Gasteiger partial charge in [-0.3, -0.25) is 4.79 Å². The Kier molecular flexibility index (Phi) is 11.9. The summed E-state index contributed by atoms with van der Waals surface area (Å²) in [4.78, 5) is 19.3. The first-order chi connectivity index (χ1) is 14.2. The fraction of sp³-hybridized carbons (Fsp3) is 0.619. The highest BCUT2D eigenvalue weighted by Gasteiger charge is 2.38. The van der Waals surface area contributed by atoms with Crippen LogP contribution in [0.25, 0.3) is 0 Å². The zero-order valence-corrected chi connectivity index (χ0v) is 16.9. The fourth-order valence-electron chi connectivity index (χ4n) is 3.13. The van der Waals surface area contributed by atoms with Crippen molar-refractivity contribution >= 4 is 11.9 Å². The van der Waals surface area contributed by atoms with Crippen LogP contribution in [-0.2, 0) is 16.0 Å². The summed E-state index contributed by atoms with van der Waals surface area (Å²) in [7, 11) is 0. The average molecular weight is 433 g/mol. The third-order valence-corrected chi connectivity index (χ3v) is 4.77. The van der Waals surface area contributed by atoms with Gasteiger partial charge in [0.25, 0.3) is 0 Å². The molecule has 6 nitrogen and oxygen atoms in total. The van der Waals surface area contributed by atoms with E-state index in [1.807, 2.05) is 0 Å². The first kappa shape index (κ1) is 25.7. The highest BCUT2D eigenvalue weighted by molar-refractivity contribution is 5.73. The smallest absolute Gasteiger partial charge is 0.490 e. The van der Waals surface area contributed by atoms with Gasteiger partial charge in [0.15, 0.2) is 0 Å². The van der Waals surface area contributed by atoms with Gasteiger partial charge in [0.1, 0.15) is 5.75 Å². The van der Waals surface area contributed by atoms with E-state index in [-0.39, 0.29) is 6.42 Å². The van der Waals surface area contributed by atoms with Crippen molar-refractivity contribution in [1.82, 2.24) is 5.32 Å². The maximum atomic E-state index is 10.6. The van der Waals surface area contributed by atoms with E-state index in [1.165, 1.54) is 37.7 Å². The van der Waals surface area contributed by atoms with Crippen molar-refractivity contribution in [3.8, 4) is 5.75 Å². The van der Waals surface area contributed by atoms with E-state index in [0.717, 1.165) is 37.7 Å². The van der Waals surface area contributed by atoms with Gasteiger partial charge in [-0.15, -0.1) is 0 Å². The number of ether oxygens (including phenoxy) is 1. The van der Waals surface area contributed by atoms with E-state index in [2.05, 4.69) is 29.6 Å². The number of aryl methyl sites for hydroxylation is 1. The Morgan fingerprint density at radius 1 is 1.07 bits per heavy atom. The van der Waals surface area contributed by atoms with E-state index in [1.54, 1.807) is 0 Å². The number of halogens is 3. The monoisotopic (exact) mass is 433 g/mol. The van der Waals surface area contributed by atoms with E-state index in [0.29, 0.717) is 6.54 Å². The predicted molar refractivity (Wildman–Crippen MR) is 106 cm³/mol. The summed E-state index contributed by atoms with van der Waals surface area (Å²) in [6.45, 7) is 2.23. The van der Waals surface area contributed by atoms with Crippen molar-refractivity contribution in [2.45, 2.75) is 57.5 Å². The molecule has 170 valence electrons. The van der Waals surface area contributed by atoms with Gasteiger partial charge in [0, 0.05) is 6.54 Å². The summed E-state index contributed by atoms with van der Waals surface area (Å²) in [6.07, 6.45) is 3.85. The predicted octanol–water partition coefficient (Wildman–Crippen LogP) is 4.28. The molecule has 0 saturated heterocycles. The van der Waals surface area contributed by atoms with Gasteiger partial charge < -0.3 is 20.3 Å². The Labute approximate surface area is 174 Å². The van der Waals surface area contributed by atoms with Gasteiger partial charge in [-0.05, 0) is 49.4 Å². The zero-order chi connectivity index (χ0) is 22.4. The highest BCUT2D eigenvalue weighted by atomic mass is 19.4. The molecule has 1 fully saturated rings. The molecule has 1 aromatic carbocycles. The van der Waals surface area contributed by atoms with Crippen LogP contribution < -0.4 is 10.1 Å². The summed E-state index contributed by atoms with van der Waals surface area (Å²) >= 11 is 0. The Morgan fingerprint density at radius 2 is 1.67 bits per heavy atom. The number of benzene rings is 1. The number of alkyl halides is 3. The number of nitrogens with one attached hydrogen (secondary N) is 1. The third kappa shape index (κ3) is 12.3. The molecule has 0 aliphatic heterocycles. The largest absolute Gasteiger partial charge is 0.494 e. The molecule has 0 unspecified atom stereocenters. The Hall–Kier alpha value is -2.29. The minimum atomic E-state index is -5.08. The van der Waals surface area contributed by atoms with Crippen LogP contribution in [0.15, 0.2) is 24.3 Å². The summed E-state index contributed by atoms with van der Waals surface area (Å²) in [6, 6.07) is 8.37. The first-order valence-electron chi connectivity index (χ1n) is 10.1. The second-order valence-corrected chi connectivity index (χ2v) is 7.23.